The van der Waals surface area contributed by atoms with Gasteiger partial charge in [0.25, 0.3) is 0 Å². The van der Waals surface area contributed by atoms with Gasteiger partial charge < -0.3 is 5.32 Å². The number of benzene rings is 2. The first-order valence-corrected chi connectivity index (χ1v) is 7.04. The summed E-state index contributed by atoms with van der Waals surface area (Å²) in [5.74, 6) is 0. The molecule has 0 aromatic heterocycles. The monoisotopic (exact) mass is 262 g/mol. The van der Waals surface area contributed by atoms with Crippen molar-refractivity contribution < 1.29 is 0 Å². The van der Waals surface area contributed by atoms with E-state index in [4.69, 9.17) is 0 Å². The lowest BCUT2D eigenvalue weighted by atomic mass is 10.0. The molecule has 2 nitrogen and oxygen atoms in total. The number of aryl methyl sites for hydroxylation is 3. The van der Waals surface area contributed by atoms with E-state index in [1.807, 2.05) is 25.1 Å². The molecule has 2 aromatic carbocycles. The van der Waals surface area contributed by atoms with Crippen LogP contribution >= 0.6 is 0 Å². The molecule has 3 rings (SSSR count). The van der Waals surface area contributed by atoms with Crippen LogP contribution in [0, 0.1) is 25.2 Å². The Hall–Kier alpha value is -2.27. The fraction of sp³-hybridized carbons (Fsp3) is 0.278. The van der Waals surface area contributed by atoms with E-state index in [0.29, 0.717) is 6.04 Å². The third-order valence-electron chi connectivity index (χ3n) is 4.09. The molecule has 1 aliphatic carbocycles. The van der Waals surface area contributed by atoms with Crippen molar-refractivity contribution in [2.24, 2.45) is 0 Å². The molecule has 0 spiro atoms. The molecular formula is C18H18N2. The van der Waals surface area contributed by atoms with Crippen molar-refractivity contribution in [3.05, 3.63) is 64.2 Å². The van der Waals surface area contributed by atoms with E-state index >= 15 is 0 Å². The lowest BCUT2D eigenvalue weighted by Crippen LogP contribution is -2.09. The van der Waals surface area contributed by atoms with Crippen LogP contribution in [-0.4, -0.2) is 0 Å². The molecule has 1 aliphatic rings. The van der Waals surface area contributed by atoms with Crippen LogP contribution in [0.5, 0.6) is 0 Å². The highest BCUT2D eigenvalue weighted by molar-refractivity contribution is 5.62. The number of nitrogens with zero attached hydrogens (tertiary/aromatic N) is 1. The molecule has 1 atom stereocenters. The predicted octanol–water partition coefficient (Wildman–Crippen LogP) is 4.27. The van der Waals surface area contributed by atoms with Crippen molar-refractivity contribution in [2.45, 2.75) is 32.7 Å². The van der Waals surface area contributed by atoms with Gasteiger partial charge in [-0.1, -0.05) is 35.9 Å². The van der Waals surface area contributed by atoms with Crippen LogP contribution in [0.3, 0.4) is 0 Å². The SMILES string of the molecule is Cc1ccc2c(c1)C(Nc1cccc(C)c1C#N)CC2. The summed E-state index contributed by atoms with van der Waals surface area (Å²) in [6.07, 6.45) is 2.21. The summed E-state index contributed by atoms with van der Waals surface area (Å²) >= 11 is 0. The number of nitriles is 1. The van der Waals surface area contributed by atoms with Crippen LogP contribution in [0.4, 0.5) is 5.69 Å². The zero-order chi connectivity index (χ0) is 14.1. The topological polar surface area (TPSA) is 35.8 Å². The van der Waals surface area contributed by atoms with Crippen LogP contribution in [0.15, 0.2) is 36.4 Å². The average molecular weight is 262 g/mol. The number of fused-ring (bicyclic) bond motifs is 1. The summed E-state index contributed by atoms with van der Waals surface area (Å²) < 4.78 is 0. The third kappa shape index (κ3) is 2.16. The number of nitrogens with one attached hydrogen (secondary N) is 1. The highest BCUT2D eigenvalue weighted by Crippen LogP contribution is 2.35. The van der Waals surface area contributed by atoms with Crippen molar-refractivity contribution in [3.63, 3.8) is 0 Å². The van der Waals surface area contributed by atoms with Gasteiger partial charge in [-0.15, -0.1) is 0 Å². The third-order valence-corrected chi connectivity index (χ3v) is 4.09. The molecule has 0 fully saturated rings. The average Bonchev–Trinajstić information content (AvgIpc) is 2.82. The Bertz CT molecular complexity index is 695. The normalized spacial score (nSPS) is 16.6. The van der Waals surface area contributed by atoms with Gasteiger partial charge in [0.15, 0.2) is 0 Å². The van der Waals surface area contributed by atoms with Crippen molar-refractivity contribution in [1.29, 1.82) is 5.26 Å². The van der Waals surface area contributed by atoms with Gasteiger partial charge in [-0.3, -0.25) is 0 Å². The first-order chi connectivity index (χ1) is 9.69. The van der Waals surface area contributed by atoms with Crippen LogP contribution in [0.2, 0.25) is 0 Å². The Balaban J connectivity index is 1.94. The Morgan fingerprint density at radius 1 is 1.20 bits per heavy atom. The van der Waals surface area contributed by atoms with Gasteiger partial charge in [-0.2, -0.15) is 5.26 Å². The van der Waals surface area contributed by atoms with E-state index in [0.717, 1.165) is 29.7 Å². The highest BCUT2D eigenvalue weighted by Gasteiger charge is 2.23. The van der Waals surface area contributed by atoms with Crippen molar-refractivity contribution in [2.75, 3.05) is 5.32 Å². The summed E-state index contributed by atoms with van der Waals surface area (Å²) in [4.78, 5) is 0. The molecular weight excluding hydrogens is 244 g/mol. The fourth-order valence-electron chi connectivity index (χ4n) is 3.00. The Morgan fingerprint density at radius 2 is 2.05 bits per heavy atom. The largest absolute Gasteiger partial charge is 0.377 e. The molecule has 0 saturated carbocycles. The Morgan fingerprint density at radius 3 is 2.85 bits per heavy atom. The molecule has 1 N–H and O–H groups in total. The second-order valence-electron chi connectivity index (χ2n) is 5.55. The number of anilines is 1. The molecule has 0 saturated heterocycles. The first kappa shape index (κ1) is 12.7. The molecule has 0 amide bonds. The van der Waals surface area contributed by atoms with Gasteiger partial charge >= 0.3 is 0 Å². The minimum Gasteiger partial charge on any atom is -0.377 e. The van der Waals surface area contributed by atoms with E-state index in [2.05, 4.69) is 36.5 Å². The van der Waals surface area contributed by atoms with Crippen molar-refractivity contribution in [1.82, 2.24) is 0 Å². The molecule has 2 heteroatoms. The maximum atomic E-state index is 9.32. The minimum absolute atomic E-state index is 0.318. The number of rotatable bonds is 2. The van der Waals surface area contributed by atoms with Crippen LogP contribution in [-0.2, 0) is 6.42 Å². The summed E-state index contributed by atoms with van der Waals surface area (Å²) in [5, 5.41) is 12.9. The summed E-state index contributed by atoms with van der Waals surface area (Å²) in [6.45, 7) is 4.11. The van der Waals surface area contributed by atoms with Gasteiger partial charge in [-0.05, 0) is 49.4 Å². The molecule has 0 radical (unpaired) electrons. The summed E-state index contributed by atoms with van der Waals surface area (Å²) in [6, 6.07) is 15.3. The van der Waals surface area contributed by atoms with E-state index in [-0.39, 0.29) is 0 Å². The first-order valence-electron chi connectivity index (χ1n) is 7.04. The van der Waals surface area contributed by atoms with Gasteiger partial charge in [-0.25, -0.2) is 0 Å². The lowest BCUT2D eigenvalue weighted by molar-refractivity contribution is 0.761. The Kier molecular flexibility index (Phi) is 3.20. The maximum Gasteiger partial charge on any atom is 0.102 e. The van der Waals surface area contributed by atoms with Crippen LogP contribution in [0.25, 0.3) is 0 Å². The van der Waals surface area contributed by atoms with E-state index in [1.54, 1.807) is 0 Å². The van der Waals surface area contributed by atoms with Gasteiger partial charge in [0.2, 0.25) is 0 Å². The van der Waals surface area contributed by atoms with Gasteiger partial charge in [0, 0.05) is 0 Å². The van der Waals surface area contributed by atoms with Crippen LogP contribution in [0.1, 0.15) is 40.3 Å². The molecule has 0 aliphatic heterocycles. The zero-order valence-electron chi connectivity index (χ0n) is 11.9. The predicted molar refractivity (Wildman–Crippen MR) is 81.8 cm³/mol. The lowest BCUT2D eigenvalue weighted by Gasteiger charge is -2.17. The zero-order valence-corrected chi connectivity index (χ0v) is 11.9. The molecule has 20 heavy (non-hydrogen) atoms. The summed E-state index contributed by atoms with van der Waals surface area (Å²) in [7, 11) is 0. The van der Waals surface area contributed by atoms with E-state index in [9.17, 15) is 5.26 Å². The van der Waals surface area contributed by atoms with Gasteiger partial charge in [0.05, 0.1) is 17.3 Å². The second-order valence-corrected chi connectivity index (χ2v) is 5.55. The molecule has 0 heterocycles. The Labute approximate surface area is 120 Å². The summed E-state index contributed by atoms with van der Waals surface area (Å²) in [5.41, 5.74) is 6.84. The fourth-order valence-corrected chi connectivity index (χ4v) is 3.00. The molecule has 0 bridgehead atoms. The molecule has 1 unspecified atom stereocenters. The van der Waals surface area contributed by atoms with Crippen molar-refractivity contribution >= 4 is 5.69 Å². The molecule has 100 valence electrons. The smallest absolute Gasteiger partial charge is 0.102 e. The quantitative estimate of drug-likeness (QED) is 0.877. The van der Waals surface area contributed by atoms with Gasteiger partial charge in [0.1, 0.15) is 6.07 Å². The number of hydrogen-bond acceptors (Lipinski definition) is 2. The highest BCUT2D eigenvalue weighted by atomic mass is 14.9. The van der Waals surface area contributed by atoms with E-state index < -0.39 is 0 Å². The molecule has 2 aromatic rings. The minimum atomic E-state index is 0.318. The maximum absolute atomic E-state index is 9.32. The second kappa shape index (κ2) is 5.02. The number of hydrogen-bond donors (Lipinski definition) is 1. The van der Waals surface area contributed by atoms with Crippen molar-refractivity contribution in [3.8, 4) is 6.07 Å². The van der Waals surface area contributed by atoms with E-state index in [1.165, 1.54) is 16.7 Å². The standard InChI is InChI=1S/C18H18N2/c1-12-6-7-14-8-9-18(15(14)10-12)20-17-5-3-4-13(2)16(17)11-19/h3-7,10,18,20H,8-9H2,1-2H3. The van der Waals surface area contributed by atoms with Crippen LogP contribution < -0.4 is 5.32 Å².